The molecule has 6 heteroatoms. The summed E-state index contributed by atoms with van der Waals surface area (Å²) in [6.45, 7) is 3.24. The molecule has 0 radical (unpaired) electrons. The summed E-state index contributed by atoms with van der Waals surface area (Å²) in [6.07, 6.45) is 1.21. The monoisotopic (exact) mass is 286 g/mol. The molecule has 1 aromatic rings. The summed E-state index contributed by atoms with van der Waals surface area (Å²) in [5, 5.41) is 3.26. The Morgan fingerprint density at radius 3 is 2.37 bits per heavy atom. The minimum Gasteiger partial charge on any atom is -0.383 e. The van der Waals surface area contributed by atoms with Crippen molar-refractivity contribution in [1.82, 2.24) is 5.32 Å². The molecular weight excluding hydrogens is 264 g/mol. The van der Waals surface area contributed by atoms with E-state index in [0.717, 1.165) is 25.3 Å². The highest BCUT2D eigenvalue weighted by atomic mass is 32.2. The molecule has 5 nitrogen and oxygen atoms in total. The third kappa shape index (κ3) is 5.59. The van der Waals surface area contributed by atoms with Crippen molar-refractivity contribution in [2.45, 2.75) is 4.90 Å². The van der Waals surface area contributed by atoms with Crippen molar-refractivity contribution in [1.29, 1.82) is 0 Å². The average Bonchev–Trinajstić information content (AvgIpc) is 2.37. The van der Waals surface area contributed by atoms with E-state index >= 15 is 0 Å². The molecule has 0 atom stereocenters. The molecule has 19 heavy (non-hydrogen) atoms. The number of likely N-dealkylation sites (N-methyl/N-ethyl adjacent to an activating group) is 1. The smallest absolute Gasteiger partial charge is 0.175 e. The highest BCUT2D eigenvalue weighted by molar-refractivity contribution is 7.90. The molecule has 0 aromatic heterocycles. The number of nitrogens with one attached hydrogen (secondary N) is 1. The Hall–Kier alpha value is -1.11. The summed E-state index contributed by atoms with van der Waals surface area (Å²) in [4.78, 5) is 2.43. The molecule has 1 N–H and O–H groups in total. The van der Waals surface area contributed by atoms with Gasteiger partial charge in [-0.3, -0.25) is 0 Å². The number of hydrogen-bond acceptors (Lipinski definition) is 5. The maximum absolute atomic E-state index is 11.4. The minimum atomic E-state index is -3.12. The average molecular weight is 286 g/mol. The van der Waals surface area contributed by atoms with Gasteiger partial charge in [-0.25, -0.2) is 8.42 Å². The van der Waals surface area contributed by atoms with E-state index in [9.17, 15) is 8.42 Å². The second-order valence-electron chi connectivity index (χ2n) is 4.43. The van der Waals surface area contributed by atoms with Crippen LogP contribution in [0, 0.1) is 0 Å². The van der Waals surface area contributed by atoms with Crippen LogP contribution >= 0.6 is 0 Å². The maximum Gasteiger partial charge on any atom is 0.175 e. The Balaban J connectivity index is 2.47. The van der Waals surface area contributed by atoms with E-state index in [1.807, 2.05) is 19.2 Å². The van der Waals surface area contributed by atoms with E-state index in [2.05, 4.69) is 10.2 Å². The molecule has 0 spiro atoms. The van der Waals surface area contributed by atoms with Gasteiger partial charge in [-0.05, 0) is 24.3 Å². The first-order chi connectivity index (χ1) is 8.95. The lowest BCUT2D eigenvalue weighted by atomic mass is 10.3. The van der Waals surface area contributed by atoms with Gasteiger partial charge in [-0.2, -0.15) is 0 Å². The molecular formula is C13H22N2O3S. The molecule has 0 saturated carbocycles. The lowest BCUT2D eigenvalue weighted by Gasteiger charge is -2.19. The lowest BCUT2D eigenvalue weighted by Crippen LogP contribution is -2.30. The Morgan fingerprint density at radius 1 is 1.21 bits per heavy atom. The highest BCUT2D eigenvalue weighted by Crippen LogP contribution is 2.16. The van der Waals surface area contributed by atoms with Gasteiger partial charge in [0.1, 0.15) is 0 Å². The first kappa shape index (κ1) is 15.9. The third-order valence-corrected chi connectivity index (χ3v) is 3.94. The van der Waals surface area contributed by atoms with Crippen LogP contribution in [0.25, 0.3) is 0 Å². The van der Waals surface area contributed by atoms with Crippen molar-refractivity contribution in [2.24, 2.45) is 0 Å². The summed E-state index contributed by atoms with van der Waals surface area (Å²) in [5.74, 6) is 0. The number of anilines is 1. The van der Waals surface area contributed by atoms with Gasteiger partial charge in [0, 0.05) is 45.7 Å². The predicted molar refractivity (Wildman–Crippen MR) is 77.6 cm³/mol. The zero-order valence-electron chi connectivity index (χ0n) is 11.7. The highest BCUT2D eigenvalue weighted by Gasteiger charge is 2.07. The number of rotatable bonds is 8. The number of sulfone groups is 1. The van der Waals surface area contributed by atoms with Gasteiger partial charge in [0.25, 0.3) is 0 Å². The molecule has 0 bridgehead atoms. The molecule has 0 fully saturated rings. The standard InChI is InChI=1S/C13H22N2O3S/c1-15(10-8-14-9-11-18-2)12-4-6-13(7-5-12)19(3,16)17/h4-7,14H,8-11H2,1-3H3. The quantitative estimate of drug-likeness (QED) is 0.715. The van der Waals surface area contributed by atoms with Crippen LogP contribution in [0.1, 0.15) is 0 Å². The van der Waals surface area contributed by atoms with Gasteiger partial charge in [0.15, 0.2) is 9.84 Å². The maximum atomic E-state index is 11.4. The van der Waals surface area contributed by atoms with E-state index in [4.69, 9.17) is 4.74 Å². The fraction of sp³-hybridized carbons (Fsp3) is 0.538. The van der Waals surface area contributed by atoms with E-state index < -0.39 is 9.84 Å². The fourth-order valence-corrected chi connectivity index (χ4v) is 2.25. The number of nitrogens with zero attached hydrogens (tertiary/aromatic N) is 1. The molecule has 1 aromatic carbocycles. The number of methoxy groups -OCH3 is 1. The van der Waals surface area contributed by atoms with Gasteiger partial charge in [-0.15, -0.1) is 0 Å². The van der Waals surface area contributed by atoms with Crippen LogP contribution in [0.3, 0.4) is 0 Å². The normalized spacial score (nSPS) is 11.5. The first-order valence-corrected chi connectivity index (χ1v) is 8.05. The Bertz CT molecular complexity index is 471. The molecule has 1 rings (SSSR count). The molecule has 108 valence electrons. The summed E-state index contributed by atoms with van der Waals surface area (Å²) >= 11 is 0. The summed E-state index contributed by atoms with van der Waals surface area (Å²) in [7, 11) is 0.540. The van der Waals surface area contributed by atoms with Crippen molar-refractivity contribution in [3.63, 3.8) is 0 Å². The van der Waals surface area contributed by atoms with Gasteiger partial charge >= 0.3 is 0 Å². The van der Waals surface area contributed by atoms with Crippen LogP contribution in [-0.4, -0.2) is 55.1 Å². The van der Waals surface area contributed by atoms with E-state index in [-0.39, 0.29) is 0 Å². The summed E-state index contributed by atoms with van der Waals surface area (Å²) < 4.78 is 27.6. The molecule has 0 heterocycles. The third-order valence-electron chi connectivity index (χ3n) is 2.81. The predicted octanol–water partition coefficient (Wildman–Crippen LogP) is 0.762. The lowest BCUT2D eigenvalue weighted by molar-refractivity contribution is 0.200. The van der Waals surface area contributed by atoms with Crippen LogP contribution in [0.2, 0.25) is 0 Å². The Labute approximate surface area is 115 Å². The number of benzene rings is 1. The SMILES string of the molecule is COCCNCCN(C)c1ccc(S(C)(=O)=O)cc1. The van der Waals surface area contributed by atoms with E-state index in [1.165, 1.54) is 6.26 Å². The van der Waals surface area contributed by atoms with Crippen molar-refractivity contribution < 1.29 is 13.2 Å². The molecule has 0 aliphatic carbocycles. The fourth-order valence-electron chi connectivity index (χ4n) is 1.62. The summed E-state index contributed by atoms with van der Waals surface area (Å²) in [6, 6.07) is 6.93. The minimum absolute atomic E-state index is 0.350. The van der Waals surface area contributed by atoms with E-state index in [0.29, 0.717) is 11.5 Å². The first-order valence-electron chi connectivity index (χ1n) is 6.16. The van der Waals surface area contributed by atoms with Gasteiger partial charge in [0.05, 0.1) is 11.5 Å². The molecule has 0 aliphatic rings. The Kier molecular flexibility index (Phi) is 6.27. The van der Waals surface area contributed by atoms with Gasteiger partial charge < -0.3 is 15.0 Å². The summed E-state index contributed by atoms with van der Waals surface area (Å²) in [5.41, 5.74) is 1.00. The molecule has 0 saturated heterocycles. The van der Waals surface area contributed by atoms with Crippen LogP contribution in [0.4, 0.5) is 5.69 Å². The van der Waals surface area contributed by atoms with Crippen molar-refractivity contribution in [3.05, 3.63) is 24.3 Å². The second kappa shape index (κ2) is 7.47. The van der Waals surface area contributed by atoms with Crippen LogP contribution < -0.4 is 10.2 Å². The van der Waals surface area contributed by atoms with Crippen molar-refractivity contribution >= 4 is 15.5 Å². The molecule has 0 aliphatic heterocycles. The van der Waals surface area contributed by atoms with Crippen molar-refractivity contribution in [2.75, 3.05) is 51.6 Å². The zero-order valence-corrected chi connectivity index (χ0v) is 12.5. The van der Waals surface area contributed by atoms with Crippen LogP contribution in [-0.2, 0) is 14.6 Å². The van der Waals surface area contributed by atoms with Crippen LogP contribution in [0.5, 0.6) is 0 Å². The van der Waals surface area contributed by atoms with Gasteiger partial charge in [-0.1, -0.05) is 0 Å². The van der Waals surface area contributed by atoms with Crippen LogP contribution in [0.15, 0.2) is 29.2 Å². The molecule has 0 amide bonds. The second-order valence-corrected chi connectivity index (χ2v) is 6.45. The number of hydrogen-bond donors (Lipinski definition) is 1. The zero-order chi connectivity index (χ0) is 14.3. The molecule has 0 unspecified atom stereocenters. The Morgan fingerprint density at radius 2 is 1.84 bits per heavy atom. The van der Waals surface area contributed by atoms with Crippen molar-refractivity contribution in [3.8, 4) is 0 Å². The topological polar surface area (TPSA) is 58.6 Å². The largest absolute Gasteiger partial charge is 0.383 e. The van der Waals surface area contributed by atoms with E-state index in [1.54, 1.807) is 19.2 Å². The van der Waals surface area contributed by atoms with Gasteiger partial charge in [0.2, 0.25) is 0 Å². The number of ether oxygens (including phenoxy) is 1.